The van der Waals surface area contributed by atoms with Gasteiger partial charge in [-0.15, -0.1) is 4.36 Å². The number of hydrogen-bond acceptors (Lipinski definition) is 11. The van der Waals surface area contributed by atoms with Crippen LogP contribution < -0.4 is 28.6 Å². The van der Waals surface area contributed by atoms with E-state index in [1.165, 1.54) is 32.5 Å². The number of anilines is 1. The zero-order valence-corrected chi connectivity index (χ0v) is 33.4. The van der Waals surface area contributed by atoms with Gasteiger partial charge in [-0.3, -0.25) is 14.3 Å². The predicted octanol–water partition coefficient (Wildman–Crippen LogP) is 6.22. The molecule has 13 nitrogen and oxygen atoms in total. The lowest BCUT2D eigenvalue weighted by Gasteiger charge is -2.46. The average Bonchev–Trinajstić information content (AvgIpc) is 3.31. The molecule has 1 fully saturated rings. The molecule has 0 saturated heterocycles. The number of methoxy groups -OCH3 is 4. The molecule has 0 unspecified atom stereocenters. The van der Waals surface area contributed by atoms with Crippen LogP contribution in [0.1, 0.15) is 70.9 Å². The highest BCUT2D eigenvalue weighted by molar-refractivity contribution is 7.92. The van der Waals surface area contributed by atoms with Gasteiger partial charge in [0.1, 0.15) is 15.7 Å². The van der Waals surface area contributed by atoms with E-state index in [0.717, 1.165) is 49.4 Å². The van der Waals surface area contributed by atoms with Crippen LogP contribution in [0.3, 0.4) is 0 Å². The minimum Gasteiger partial charge on any atom is -0.490 e. The van der Waals surface area contributed by atoms with E-state index >= 15 is 0 Å². The lowest BCUT2D eigenvalue weighted by atomic mass is 9.68. The first kappa shape index (κ1) is 38.9. The van der Waals surface area contributed by atoms with Crippen LogP contribution in [0.2, 0.25) is 5.02 Å². The number of benzene rings is 2. The van der Waals surface area contributed by atoms with Crippen LogP contribution in [0.25, 0.3) is 0 Å². The second-order valence-corrected chi connectivity index (χ2v) is 17.4. The molecule has 2 aliphatic carbocycles. The molecule has 3 heterocycles. The summed E-state index contributed by atoms with van der Waals surface area (Å²) < 4.78 is 50.2. The van der Waals surface area contributed by atoms with Gasteiger partial charge < -0.3 is 28.6 Å². The number of carbonyl (C=O) groups is 2. The third kappa shape index (κ3) is 7.86. The van der Waals surface area contributed by atoms with Crippen molar-refractivity contribution in [3.63, 3.8) is 0 Å². The molecule has 2 bridgehead atoms. The van der Waals surface area contributed by atoms with E-state index in [1.807, 2.05) is 19.1 Å². The van der Waals surface area contributed by atoms with Crippen LogP contribution in [0.5, 0.6) is 23.5 Å². The maximum atomic E-state index is 14.8. The van der Waals surface area contributed by atoms with Gasteiger partial charge in [0.15, 0.2) is 5.56 Å². The number of carbonyl (C=O) groups excluding carboxylic acids is 2. The van der Waals surface area contributed by atoms with Gasteiger partial charge in [0.2, 0.25) is 11.8 Å². The van der Waals surface area contributed by atoms with Crippen LogP contribution >= 0.6 is 11.6 Å². The molecule has 2 aliphatic heterocycles. The largest absolute Gasteiger partial charge is 0.490 e. The quantitative estimate of drug-likeness (QED) is 0.284. The van der Waals surface area contributed by atoms with Crippen molar-refractivity contribution in [1.29, 1.82) is 0 Å². The number of aromatic nitrogens is 2. The van der Waals surface area contributed by atoms with Crippen molar-refractivity contribution in [2.45, 2.75) is 57.0 Å². The Morgan fingerprint density at radius 2 is 1.84 bits per heavy atom. The summed E-state index contributed by atoms with van der Waals surface area (Å²) in [5, 5.41) is 0.722. The first-order valence-corrected chi connectivity index (χ1v) is 20.7. The Kier molecular flexibility index (Phi) is 11.3. The molecular weight excluding hydrogens is 746 g/mol. The Morgan fingerprint density at radius 1 is 1.05 bits per heavy atom. The summed E-state index contributed by atoms with van der Waals surface area (Å²) in [6.45, 7) is 3.79. The monoisotopic (exact) mass is 793 g/mol. The Morgan fingerprint density at radius 3 is 2.53 bits per heavy atom. The van der Waals surface area contributed by atoms with Crippen molar-refractivity contribution in [3.05, 3.63) is 75.8 Å². The van der Waals surface area contributed by atoms with Crippen molar-refractivity contribution >= 4 is 39.0 Å². The molecule has 1 N–H and O–H groups in total. The van der Waals surface area contributed by atoms with Crippen LogP contribution in [0.4, 0.5) is 5.69 Å². The molecule has 1 aromatic heterocycles. The minimum absolute atomic E-state index is 0.0914. The lowest BCUT2D eigenvalue weighted by Crippen LogP contribution is -2.49. The fourth-order valence-electron chi connectivity index (χ4n) is 8.55. The van der Waals surface area contributed by atoms with Gasteiger partial charge in [-0.25, -0.2) is 4.21 Å². The highest BCUT2D eigenvalue weighted by Crippen LogP contribution is 2.47. The molecule has 0 radical (unpaired) electrons. The third-order valence-electron chi connectivity index (χ3n) is 11.4. The number of rotatable bonds is 6. The molecule has 2 aromatic carbocycles. The molecule has 1 saturated carbocycles. The van der Waals surface area contributed by atoms with Crippen molar-refractivity contribution in [3.8, 4) is 23.5 Å². The number of amides is 2. The van der Waals surface area contributed by atoms with E-state index in [9.17, 15) is 13.8 Å². The zero-order valence-electron chi connectivity index (χ0n) is 31.8. The van der Waals surface area contributed by atoms with Crippen molar-refractivity contribution in [2.75, 3.05) is 58.8 Å². The van der Waals surface area contributed by atoms with E-state index in [2.05, 4.69) is 42.2 Å². The van der Waals surface area contributed by atoms with E-state index in [4.69, 9.17) is 35.3 Å². The van der Waals surface area contributed by atoms with Crippen LogP contribution in [-0.4, -0.2) is 86.0 Å². The maximum Gasteiger partial charge on any atom is 0.322 e. The summed E-state index contributed by atoms with van der Waals surface area (Å²) in [6, 6.07) is 11.3. The molecular formula is C40H48ClN5O8S. The second-order valence-electron chi connectivity index (χ2n) is 15.0. The molecule has 15 heteroatoms. The van der Waals surface area contributed by atoms with E-state index in [1.54, 1.807) is 25.3 Å². The first-order valence-electron chi connectivity index (χ1n) is 18.6. The van der Waals surface area contributed by atoms with Crippen molar-refractivity contribution in [2.24, 2.45) is 22.1 Å². The van der Waals surface area contributed by atoms with Gasteiger partial charge in [-0.1, -0.05) is 36.7 Å². The number of nitrogens with one attached hydrogen (secondary N) is 1. The molecule has 6 atom stereocenters. The van der Waals surface area contributed by atoms with Crippen LogP contribution in [0.15, 0.2) is 52.9 Å². The van der Waals surface area contributed by atoms with E-state index in [0.29, 0.717) is 37.2 Å². The van der Waals surface area contributed by atoms with E-state index in [-0.39, 0.29) is 52.1 Å². The minimum atomic E-state index is -3.75. The van der Waals surface area contributed by atoms with Gasteiger partial charge in [-0.05, 0) is 97.7 Å². The number of allylic oxidation sites excluding steroid dienone is 1. The first-order chi connectivity index (χ1) is 26.5. The fraction of sp³-hybridized carbons (Fsp3) is 0.500. The number of fused-ring (bicyclic) bond motifs is 4. The predicted molar refractivity (Wildman–Crippen MR) is 209 cm³/mol. The van der Waals surface area contributed by atoms with Gasteiger partial charge >= 0.3 is 6.01 Å². The summed E-state index contributed by atoms with van der Waals surface area (Å²) in [5.41, 5.74) is 2.98. The highest BCUT2D eigenvalue weighted by atomic mass is 35.5. The van der Waals surface area contributed by atoms with Crippen molar-refractivity contribution in [1.82, 2.24) is 14.7 Å². The number of nitrogens with zero attached hydrogens (tertiary/aromatic N) is 4. The third-order valence-corrected chi connectivity index (χ3v) is 13.6. The lowest BCUT2D eigenvalue weighted by molar-refractivity contribution is 0.0131. The SMILES string of the molecule is COc1nc(OC)c(C(=O)N[S@@]2(=O)=NC(=O)c3ccc4c(c3)N(C[C@@H]3CC[C@H]3[C@@H](OC)/C=C/C[C@H](C)C2)C[C@@]2(CCCc3cc(Cl)ccc32)CO4)c(OC)n1. The number of halogens is 1. The number of aryl methyl sites for hydroxylation is 1. The Hall–Kier alpha value is -4.40. The Bertz CT molecular complexity index is 2100. The summed E-state index contributed by atoms with van der Waals surface area (Å²) in [7, 11) is 2.00. The second kappa shape index (κ2) is 16.0. The Balaban J connectivity index is 1.31. The van der Waals surface area contributed by atoms with Gasteiger partial charge in [-0.2, -0.15) is 9.97 Å². The smallest absolute Gasteiger partial charge is 0.322 e. The number of ether oxygens (including phenoxy) is 5. The standard InChI is InChI=1S/C40H48ClN5O8S/c1-24-8-6-10-32(50-2)29-14-11-27(29)20-46-22-40(17-7-9-25-18-28(41)13-15-30(25)40)23-54-33-16-12-26(19-31(33)46)35(47)44-55(49,21-24)45-36(48)34-37(51-3)42-39(53-5)43-38(34)52-4/h6,10,12-13,15-16,18-19,24,27,29,32H,7-9,11,14,17,20-23H2,1-5H3,(H,44,45,47,48,49)/b10-6+/t24-,27-,29+,32-,40-,55-/m0/s1. The topological polar surface area (TPSA) is 151 Å². The van der Waals surface area contributed by atoms with Gasteiger partial charge in [0.25, 0.3) is 11.8 Å². The molecule has 4 aliphatic rings. The van der Waals surface area contributed by atoms with Crippen LogP contribution in [-0.2, 0) is 26.5 Å². The Labute approximate surface area is 327 Å². The van der Waals surface area contributed by atoms with Gasteiger partial charge in [0, 0.05) is 36.2 Å². The van der Waals surface area contributed by atoms with Crippen LogP contribution in [0, 0.1) is 17.8 Å². The summed E-state index contributed by atoms with van der Waals surface area (Å²) in [4.78, 5) is 38.6. The normalized spacial score (nSPS) is 28.3. The molecule has 294 valence electrons. The molecule has 2 amide bonds. The molecule has 3 aromatic rings. The molecule has 55 heavy (non-hydrogen) atoms. The summed E-state index contributed by atoms with van der Waals surface area (Å²) in [6.07, 6.45) is 9.53. The number of hydrogen-bond donors (Lipinski definition) is 1. The highest BCUT2D eigenvalue weighted by Gasteiger charge is 2.44. The maximum absolute atomic E-state index is 14.8. The van der Waals surface area contributed by atoms with E-state index < -0.39 is 21.7 Å². The van der Waals surface area contributed by atoms with Gasteiger partial charge in [0.05, 0.1) is 45.5 Å². The summed E-state index contributed by atoms with van der Waals surface area (Å²) >= 11 is 6.47. The molecule has 1 spiro atoms. The fourth-order valence-corrected chi connectivity index (χ4v) is 10.6. The molecule has 7 rings (SSSR count). The van der Waals surface area contributed by atoms with Crippen molar-refractivity contribution < 1.29 is 37.5 Å². The summed E-state index contributed by atoms with van der Waals surface area (Å²) in [5.74, 6) is -0.992. The average molecular weight is 794 g/mol. The zero-order chi connectivity index (χ0) is 38.9.